The fourth-order valence-electron chi connectivity index (χ4n) is 3.59. The Balaban J connectivity index is 1.68. The summed E-state index contributed by atoms with van der Waals surface area (Å²) < 4.78 is 13.3. The zero-order chi connectivity index (χ0) is 14.8. The van der Waals surface area contributed by atoms with E-state index >= 15 is 0 Å². The van der Waals surface area contributed by atoms with Crippen LogP contribution in [0.3, 0.4) is 0 Å². The van der Waals surface area contributed by atoms with E-state index in [4.69, 9.17) is 5.11 Å². The van der Waals surface area contributed by atoms with Crippen molar-refractivity contribution in [2.24, 2.45) is 0 Å². The third-order valence-corrected chi connectivity index (χ3v) is 4.57. The first-order valence-corrected chi connectivity index (χ1v) is 7.60. The third-order valence-electron chi connectivity index (χ3n) is 4.57. The van der Waals surface area contributed by atoms with Gasteiger partial charge in [-0.05, 0) is 42.5 Å². The molecule has 0 aromatic heterocycles. The van der Waals surface area contributed by atoms with E-state index in [1.807, 2.05) is 11.0 Å². The van der Waals surface area contributed by atoms with Crippen molar-refractivity contribution in [3.05, 3.63) is 35.1 Å². The first-order valence-electron chi connectivity index (χ1n) is 7.60. The molecule has 1 aliphatic carbocycles. The van der Waals surface area contributed by atoms with E-state index in [1.54, 1.807) is 12.1 Å². The summed E-state index contributed by atoms with van der Waals surface area (Å²) in [6.45, 7) is 3.62. The van der Waals surface area contributed by atoms with Crippen molar-refractivity contribution in [3.63, 3.8) is 0 Å². The van der Waals surface area contributed by atoms with Gasteiger partial charge in [-0.25, -0.2) is 4.39 Å². The van der Waals surface area contributed by atoms with Crippen molar-refractivity contribution < 1.29 is 14.3 Å². The van der Waals surface area contributed by atoms with Gasteiger partial charge < -0.3 is 5.11 Å². The molecule has 0 radical (unpaired) electrons. The minimum atomic E-state index is -0.759. The van der Waals surface area contributed by atoms with Crippen molar-refractivity contribution in [1.82, 2.24) is 9.80 Å². The van der Waals surface area contributed by atoms with Gasteiger partial charge in [-0.3, -0.25) is 14.6 Å². The molecule has 5 heteroatoms. The highest BCUT2D eigenvalue weighted by Gasteiger charge is 2.29. The molecule has 3 rings (SSSR count). The highest BCUT2D eigenvalue weighted by molar-refractivity contribution is 5.69. The standard InChI is InChI=1S/C16H21FN2O2/c17-13-3-4-14-12(10-13)2-5-15(14)19-7-1-6-18(8-9-19)11-16(20)21/h3-4,10,15H,1-2,5-9,11H2,(H,20,21). The molecule has 0 amide bonds. The van der Waals surface area contributed by atoms with E-state index in [0.717, 1.165) is 51.0 Å². The number of hydrogen-bond donors (Lipinski definition) is 1. The first kappa shape index (κ1) is 14.5. The number of benzene rings is 1. The Hall–Kier alpha value is -1.46. The summed E-state index contributed by atoms with van der Waals surface area (Å²) in [6, 6.07) is 5.49. The fourth-order valence-corrected chi connectivity index (χ4v) is 3.59. The molecule has 1 atom stereocenters. The predicted octanol–water partition coefficient (Wildman–Crippen LogP) is 1.91. The summed E-state index contributed by atoms with van der Waals surface area (Å²) in [5.74, 6) is -0.914. The van der Waals surface area contributed by atoms with Gasteiger partial charge in [0.05, 0.1) is 6.54 Å². The van der Waals surface area contributed by atoms with Gasteiger partial charge in [0.25, 0.3) is 0 Å². The van der Waals surface area contributed by atoms with E-state index < -0.39 is 5.97 Å². The van der Waals surface area contributed by atoms with Gasteiger partial charge in [-0.1, -0.05) is 6.07 Å². The molecule has 1 fully saturated rings. The quantitative estimate of drug-likeness (QED) is 0.924. The highest BCUT2D eigenvalue weighted by Crippen LogP contribution is 2.36. The van der Waals surface area contributed by atoms with Crippen molar-refractivity contribution in [1.29, 1.82) is 0 Å². The molecular weight excluding hydrogens is 271 g/mol. The average molecular weight is 292 g/mol. The average Bonchev–Trinajstić information content (AvgIpc) is 2.70. The van der Waals surface area contributed by atoms with E-state index in [-0.39, 0.29) is 12.4 Å². The van der Waals surface area contributed by atoms with Gasteiger partial charge in [0, 0.05) is 32.2 Å². The minimum absolute atomic E-state index is 0.125. The van der Waals surface area contributed by atoms with Crippen LogP contribution in [-0.4, -0.2) is 53.6 Å². The van der Waals surface area contributed by atoms with Crippen LogP contribution in [0.15, 0.2) is 18.2 Å². The second kappa shape index (κ2) is 6.12. The molecule has 0 spiro atoms. The van der Waals surface area contributed by atoms with Gasteiger partial charge in [0.1, 0.15) is 5.82 Å². The van der Waals surface area contributed by atoms with Gasteiger partial charge >= 0.3 is 5.97 Å². The maximum atomic E-state index is 13.3. The molecule has 21 heavy (non-hydrogen) atoms. The summed E-state index contributed by atoms with van der Waals surface area (Å²) in [5.41, 5.74) is 2.38. The number of aryl methyl sites for hydroxylation is 1. The molecule has 1 unspecified atom stereocenters. The largest absolute Gasteiger partial charge is 0.480 e. The van der Waals surface area contributed by atoms with Crippen LogP contribution < -0.4 is 0 Å². The van der Waals surface area contributed by atoms with Crippen LogP contribution in [0.5, 0.6) is 0 Å². The summed E-state index contributed by atoms with van der Waals surface area (Å²) in [4.78, 5) is 15.3. The van der Waals surface area contributed by atoms with Crippen LogP contribution in [0.4, 0.5) is 4.39 Å². The Morgan fingerprint density at radius 1 is 1.29 bits per heavy atom. The maximum Gasteiger partial charge on any atom is 0.317 e. The molecule has 0 bridgehead atoms. The normalized spacial score (nSPS) is 23.8. The van der Waals surface area contributed by atoms with E-state index in [2.05, 4.69) is 4.90 Å². The van der Waals surface area contributed by atoms with Crippen LogP contribution in [0.25, 0.3) is 0 Å². The monoisotopic (exact) mass is 292 g/mol. The number of carbonyl (C=O) groups is 1. The predicted molar refractivity (Wildman–Crippen MR) is 77.7 cm³/mol. The molecule has 1 N–H and O–H groups in total. The number of rotatable bonds is 3. The summed E-state index contributed by atoms with van der Waals surface area (Å²) in [7, 11) is 0. The highest BCUT2D eigenvalue weighted by atomic mass is 19.1. The minimum Gasteiger partial charge on any atom is -0.480 e. The summed E-state index contributed by atoms with van der Waals surface area (Å²) >= 11 is 0. The second-order valence-electron chi connectivity index (χ2n) is 5.96. The molecule has 2 aliphatic rings. The molecular formula is C16H21FN2O2. The lowest BCUT2D eigenvalue weighted by molar-refractivity contribution is -0.138. The molecule has 1 aromatic carbocycles. The summed E-state index contributed by atoms with van der Waals surface area (Å²) in [5, 5.41) is 8.90. The lowest BCUT2D eigenvalue weighted by atomic mass is 10.1. The third kappa shape index (κ3) is 3.24. The number of halogens is 1. The number of nitrogens with zero attached hydrogens (tertiary/aromatic N) is 2. The molecule has 1 saturated heterocycles. The summed E-state index contributed by atoms with van der Waals surface area (Å²) in [6.07, 6.45) is 2.96. The van der Waals surface area contributed by atoms with E-state index in [1.165, 1.54) is 5.56 Å². The Bertz CT molecular complexity index is 535. The number of aliphatic carboxylic acids is 1. The molecule has 114 valence electrons. The molecule has 0 saturated carbocycles. The van der Waals surface area contributed by atoms with E-state index in [0.29, 0.717) is 6.04 Å². The van der Waals surface area contributed by atoms with Crippen molar-refractivity contribution >= 4 is 5.97 Å². The van der Waals surface area contributed by atoms with E-state index in [9.17, 15) is 9.18 Å². The topological polar surface area (TPSA) is 43.8 Å². The van der Waals surface area contributed by atoms with Crippen molar-refractivity contribution in [2.45, 2.75) is 25.3 Å². The van der Waals surface area contributed by atoms with Gasteiger partial charge in [0.15, 0.2) is 0 Å². The van der Waals surface area contributed by atoms with Gasteiger partial charge in [-0.2, -0.15) is 0 Å². The lowest BCUT2D eigenvalue weighted by Gasteiger charge is -2.28. The van der Waals surface area contributed by atoms with Crippen LogP contribution in [0.1, 0.15) is 30.0 Å². The Morgan fingerprint density at radius 3 is 2.95 bits per heavy atom. The second-order valence-corrected chi connectivity index (χ2v) is 5.96. The fraction of sp³-hybridized carbons (Fsp3) is 0.562. The van der Waals surface area contributed by atoms with Crippen molar-refractivity contribution in [3.8, 4) is 0 Å². The smallest absolute Gasteiger partial charge is 0.317 e. The van der Waals surface area contributed by atoms with Gasteiger partial charge in [-0.15, -0.1) is 0 Å². The Morgan fingerprint density at radius 2 is 2.14 bits per heavy atom. The molecule has 1 aromatic rings. The van der Waals surface area contributed by atoms with Crippen LogP contribution in [-0.2, 0) is 11.2 Å². The number of hydrogen-bond acceptors (Lipinski definition) is 3. The molecule has 1 aliphatic heterocycles. The van der Waals surface area contributed by atoms with Crippen LogP contribution in [0.2, 0.25) is 0 Å². The molecule has 4 nitrogen and oxygen atoms in total. The van der Waals surface area contributed by atoms with Crippen LogP contribution in [0, 0.1) is 5.82 Å². The lowest BCUT2D eigenvalue weighted by Crippen LogP contribution is -2.35. The molecule has 1 heterocycles. The number of fused-ring (bicyclic) bond motifs is 1. The van der Waals surface area contributed by atoms with Crippen LogP contribution >= 0.6 is 0 Å². The maximum absolute atomic E-state index is 13.3. The van der Waals surface area contributed by atoms with Crippen molar-refractivity contribution in [2.75, 3.05) is 32.7 Å². The SMILES string of the molecule is O=C(O)CN1CCCN(C2CCc3cc(F)ccc32)CC1. The Kier molecular flexibility index (Phi) is 4.22. The van der Waals surface area contributed by atoms with Gasteiger partial charge in [0.2, 0.25) is 0 Å². The number of carboxylic acid groups (broad SMARTS) is 1. The Labute approximate surface area is 124 Å². The zero-order valence-corrected chi connectivity index (χ0v) is 12.1. The first-order chi connectivity index (χ1) is 10.1. The zero-order valence-electron chi connectivity index (χ0n) is 12.1. The number of carboxylic acids is 1.